The maximum Gasteiger partial charge on any atom is 0.302 e. The molecule has 0 saturated carbocycles. The molecule has 0 aromatic heterocycles. The van der Waals surface area contributed by atoms with Crippen LogP contribution in [0.1, 0.15) is 85.0 Å². The van der Waals surface area contributed by atoms with Crippen molar-refractivity contribution in [2.24, 2.45) is 0 Å². The van der Waals surface area contributed by atoms with Gasteiger partial charge >= 0.3 is 5.97 Å². The van der Waals surface area contributed by atoms with Crippen molar-refractivity contribution in [2.75, 3.05) is 0 Å². The van der Waals surface area contributed by atoms with Crippen LogP contribution < -0.4 is 0 Å². The fourth-order valence-electron chi connectivity index (χ4n) is 2.09. The second kappa shape index (κ2) is 11.9. The van der Waals surface area contributed by atoms with Crippen LogP contribution in [0.3, 0.4) is 0 Å². The third kappa shape index (κ3) is 11.7. The molecule has 0 bridgehead atoms. The Kier molecular flexibility index (Phi) is 11.6. The van der Waals surface area contributed by atoms with Gasteiger partial charge in [0.15, 0.2) is 0 Å². The van der Waals surface area contributed by atoms with E-state index in [2.05, 4.69) is 13.8 Å². The summed E-state index contributed by atoms with van der Waals surface area (Å²) in [4.78, 5) is 10.8. The van der Waals surface area contributed by atoms with Gasteiger partial charge in [0.1, 0.15) is 6.10 Å². The molecule has 0 aromatic carbocycles. The summed E-state index contributed by atoms with van der Waals surface area (Å²) in [6, 6.07) is 0. The normalized spacial score (nSPS) is 12.4. The van der Waals surface area contributed by atoms with E-state index in [1.165, 1.54) is 58.3 Å². The van der Waals surface area contributed by atoms with Gasteiger partial charge in [-0.2, -0.15) is 0 Å². The number of hydrogen-bond acceptors (Lipinski definition) is 2. The fraction of sp³-hybridized carbons (Fsp3) is 0.933. The minimum atomic E-state index is -0.142. The molecule has 2 nitrogen and oxygen atoms in total. The Morgan fingerprint density at radius 1 is 0.941 bits per heavy atom. The van der Waals surface area contributed by atoms with Crippen LogP contribution in [0, 0.1) is 0 Å². The molecule has 0 amide bonds. The minimum absolute atomic E-state index is 0.142. The first kappa shape index (κ1) is 16.5. The second-order valence-electron chi connectivity index (χ2n) is 4.90. The zero-order valence-electron chi connectivity index (χ0n) is 12.0. The maximum atomic E-state index is 10.8. The molecule has 0 radical (unpaired) electrons. The first-order valence-corrected chi connectivity index (χ1v) is 7.37. The average Bonchev–Trinajstić information content (AvgIpc) is 2.30. The zero-order valence-corrected chi connectivity index (χ0v) is 12.0. The summed E-state index contributed by atoms with van der Waals surface area (Å²) in [5.41, 5.74) is 0. The molecule has 102 valence electrons. The van der Waals surface area contributed by atoms with E-state index in [1.807, 2.05) is 0 Å². The number of ether oxygens (including phenoxy) is 1. The van der Waals surface area contributed by atoms with E-state index in [0.29, 0.717) is 0 Å². The van der Waals surface area contributed by atoms with E-state index in [1.54, 1.807) is 0 Å². The highest BCUT2D eigenvalue weighted by Crippen LogP contribution is 2.13. The van der Waals surface area contributed by atoms with Crippen LogP contribution in [0.4, 0.5) is 0 Å². The van der Waals surface area contributed by atoms with Gasteiger partial charge in [0.25, 0.3) is 0 Å². The summed E-state index contributed by atoms with van der Waals surface area (Å²) in [5.74, 6) is -0.142. The third-order valence-electron chi connectivity index (χ3n) is 3.17. The molecule has 0 aliphatic heterocycles. The van der Waals surface area contributed by atoms with Crippen LogP contribution in [-0.2, 0) is 9.53 Å². The molecule has 0 spiro atoms. The predicted molar refractivity (Wildman–Crippen MR) is 73.1 cm³/mol. The summed E-state index contributed by atoms with van der Waals surface area (Å²) in [7, 11) is 0. The van der Waals surface area contributed by atoms with Crippen LogP contribution in [0.25, 0.3) is 0 Å². The SMILES string of the molecule is CCCCCCCCCCC(CC)OC(C)=O. The molecule has 1 atom stereocenters. The molecular weight excluding hydrogens is 212 g/mol. The quantitative estimate of drug-likeness (QED) is 0.382. The Morgan fingerprint density at radius 3 is 1.94 bits per heavy atom. The van der Waals surface area contributed by atoms with Crippen molar-refractivity contribution in [2.45, 2.75) is 91.1 Å². The highest BCUT2D eigenvalue weighted by Gasteiger charge is 2.08. The standard InChI is InChI=1S/C15H30O2/c1-4-6-7-8-9-10-11-12-13-15(5-2)17-14(3)16/h15H,4-13H2,1-3H3. The Hall–Kier alpha value is -0.530. The summed E-state index contributed by atoms with van der Waals surface area (Å²) in [6.07, 6.45) is 12.8. The molecule has 0 heterocycles. The molecule has 0 N–H and O–H groups in total. The smallest absolute Gasteiger partial charge is 0.302 e. The van der Waals surface area contributed by atoms with Gasteiger partial charge in [0, 0.05) is 6.92 Å². The van der Waals surface area contributed by atoms with E-state index in [-0.39, 0.29) is 12.1 Å². The van der Waals surface area contributed by atoms with Crippen molar-refractivity contribution in [3.63, 3.8) is 0 Å². The van der Waals surface area contributed by atoms with Gasteiger partial charge in [0.2, 0.25) is 0 Å². The largest absolute Gasteiger partial charge is 0.463 e. The van der Waals surface area contributed by atoms with Crippen LogP contribution in [0.5, 0.6) is 0 Å². The van der Waals surface area contributed by atoms with Gasteiger partial charge in [-0.1, -0.05) is 58.8 Å². The van der Waals surface area contributed by atoms with Gasteiger partial charge in [-0.3, -0.25) is 4.79 Å². The van der Waals surface area contributed by atoms with Gasteiger partial charge in [0.05, 0.1) is 0 Å². The number of unbranched alkanes of at least 4 members (excludes halogenated alkanes) is 7. The van der Waals surface area contributed by atoms with Gasteiger partial charge in [-0.25, -0.2) is 0 Å². The molecule has 2 heteroatoms. The lowest BCUT2D eigenvalue weighted by Crippen LogP contribution is -2.14. The van der Waals surface area contributed by atoms with E-state index in [9.17, 15) is 4.79 Å². The van der Waals surface area contributed by atoms with Crippen molar-refractivity contribution in [1.82, 2.24) is 0 Å². The molecule has 0 fully saturated rings. The Morgan fingerprint density at radius 2 is 1.47 bits per heavy atom. The maximum absolute atomic E-state index is 10.8. The molecule has 0 aliphatic carbocycles. The van der Waals surface area contributed by atoms with E-state index in [4.69, 9.17) is 4.74 Å². The summed E-state index contributed by atoms with van der Waals surface area (Å²) in [6.45, 7) is 5.83. The highest BCUT2D eigenvalue weighted by atomic mass is 16.5. The summed E-state index contributed by atoms with van der Waals surface area (Å²) >= 11 is 0. The number of carbonyl (C=O) groups is 1. The van der Waals surface area contributed by atoms with Crippen molar-refractivity contribution in [3.8, 4) is 0 Å². The van der Waals surface area contributed by atoms with Crippen molar-refractivity contribution in [1.29, 1.82) is 0 Å². The Bertz CT molecular complexity index is 178. The Labute approximate surface area is 107 Å². The van der Waals surface area contributed by atoms with E-state index < -0.39 is 0 Å². The lowest BCUT2D eigenvalue weighted by Gasteiger charge is -2.14. The topological polar surface area (TPSA) is 26.3 Å². The summed E-state index contributed by atoms with van der Waals surface area (Å²) < 4.78 is 5.22. The van der Waals surface area contributed by atoms with Crippen LogP contribution in [0.15, 0.2) is 0 Å². The molecular formula is C15H30O2. The van der Waals surface area contributed by atoms with Gasteiger partial charge in [-0.05, 0) is 19.3 Å². The second-order valence-corrected chi connectivity index (χ2v) is 4.90. The molecule has 0 rings (SSSR count). The van der Waals surface area contributed by atoms with Crippen molar-refractivity contribution in [3.05, 3.63) is 0 Å². The van der Waals surface area contributed by atoms with E-state index in [0.717, 1.165) is 12.8 Å². The van der Waals surface area contributed by atoms with Crippen LogP contribution in [0.2, 0.25) is 0 Å². The number of carbonyl (C=O) groups excluding carboxylic acids is 1. The number of rotatable bonds is 11. The minimum Gasteiger partial charge on any atom is -0.463 e. The van der Waals surface area contributed by atoms with Crippen molar-refractivity contribution < 1.29 is 9.53 Å². The number of hydrogen-bond donors (Lipinski definition) is 0. The molecule has 0 aliphatic rings. The molecule has 17 heavy (non-hydrogen) atoms. The van der Waals surface area contributed by atoms with Crippen molar-refractivity contribution >= 4 is 5.97 Å². The van der Waals surface area contributed by atoms with Crippen LogP contribution >= 0.6 is 0 Å². The lowest BCUT2D eigenvalue weighted by molar-refractivity contribution is -0.146. The molecule has 0 saturated heterocycles. The Balaban J connectivity index is 3.28. The first-order valence-electron chi connectivity index (χ1n) is 7.37. The lowest BCUT2D eigenvalue weighted by atomic mass is 10.0. The third-order valence-corrected chi connectivity index (χ3v) is 3.17. The monoisotopic (exact) mass is 242 g/mol. The molecule has 0 aromatic rings. The zero-order chi connectivity index (χ0) is 12.9. The first-order chi connectivity index (χ1) is 8.20. The van der Waals surface area contributed by atoms with Crippen LogP contribution in [-0.4, -0.2) is 12.1 Å². The molecule has 1 unspecified atom stereocenters. The van der Waals surface area contributed by atoms with Gasteiger partial charge in [-0.15, -0.1) is 0 Å². The van der Waals surface area contributed by atoms with E-state index >= 15 is 0 Å². The average molecular weight is 242 g/mol. The van der Waals surface area contributed by atoms with Gasteiger partial charge < -0.3 is 4.74 Å². The summed E-state index contributed by atoms with van der Waals surface area (Å²) in [5, 5.41) is 0. The number of esters is 1. The predicted octanol–water partition coefficient (Wildman–Crippen LogP) is 4.86. The highest BCUT2D eigenvalue weighted by molar-refractivity contribution is 5.66. The fourth-order valence-corrected chi connectivity index (χ4v) is 2.09.